The molecular weight excluding hydrogens is 350 g/mol. The van der Waals surface area contributed by atoms with Crippen molar-refractivity contribution in [3.63, 3.8) is 0 Å². The SMILES string of the molecule is Cc1cc(CCNC(=O)Cc2nc(-c3ccc4c(c3)OCO4)oc2C)no1. The maximum absolute atomic E-state index is 12.2. The van der Waals surface area contributed by atoms with Gasteiger partial charge in [0.25, 0.3) is 0 Å². The van der Waals surface area contributed by atoms with Gasteiger partial charge in [0.15, 0.2) is 11.5 Å². The zero-order valence-corrected chi connectivity index (χ0v) is 15.1. The molecule has 1 aromatic carbocycles. The number of benzene rings is 1. The monoisotopic (exact) mass is 369 g/mol. The van der Waals surface area contributed by atoms with Crippen LogP contribution in [0.4, 0.5) is 0 Å². The summed E-state index contributed by atoms with van der Waals surface area (Å²) in [6.45, 7) is 4.32. The van der Waals surface area contributed by atoms with E-state index in [4.69, 9.17) is 18.4 Å². The average Bonchev–Trinajstić information content (AvgIpc) is 3.35. The van der Waals surface area contributed by atoms with E-state index in [9.17, 15) is 4.79 Å². The van der Waals surface area contributed by atoms with Crippen LogP contribution >= 0.6 is 0 Å². The highest BCUT2D eigenvalue weighted by Gasteiger charge is 2.18. The topological polar surface area (TPSA) is 99.6 Å². The molecule has 1 N–H and O–H groups in total. The second-order valence-electron chi connectivity index (χ2n) is 6.30. The fourth-order valence-electron chi connectivity index (χ4n) is 2.83. The number of hydrogen-bond acceptors (Lipinski definition) is 7. The molecule has 27 heavy (non-hydrogen) atoms. The highest BCUT2D eigenvalue weighted by atomic mass is 16.7. The van der Waals surface area contributed by atoms with Crippen molar-refractivity contribution in [2.24, 2.45) is 0 Å². The van der Waals surface area contributed by atoms with Crippen LogP contribution in [0.3, 0.4) is 0 Å². The predicted molar refractivity (Wildman–Crippen MR) is 94.5 cm³/mol. The van der Waals surface area contributed by atoms with Crippen molar-refractivity contribution in [2.75, 3.05) is 13.3 Å². The molecule has 0 unspecified atom stereocenters. The van der Waals surface area contributed by atoms with Gasteiger partial charge in [-0.25, -0.2) is 4.98 Å². The summed E-state index contributed by atoms with van der Waals surface area (Å²) >= 11 is 0. The van der Waals surface area contributed by atoms with E-state index in [1.165, 1.54) is 0 Å². The Balaban J connectivity index is 1.37. The Morgan fingerprint density at radius 1 is 1.19 bits per heavy atom. The van der Waals surface area contributed by atoms with E-state index in [0.717, 1.165) is 17.0 Å². The Bertz CT molecular complexity index is 976. The summed E-state index contributed by atoms with van der Waals surface area (Å²) in [4.78, 5) is 16.6. The number of carbonyl (C=O) groups is 1. The number of ether oxygens (including phenoxy) is 2. The van der Waals surface area contributed by atoms with Gasteiger partial charge in [-0.05, 0) is 32.0 Å². The number of aromatic nitrogens is 2. The van der Waals surface area contributed by atoms with Crippen LogP contribution in [0.25, 0.3) is 11.5 Å². The number of carbonyl (C=O) groups excluding carboxylic acids is 1. The summed E-state index contributed by atoms with van der Waals surface area (Å²) in [6, 6.07) is 7.33. The molecule has 0 atom stereocenters. The molecule has 0 aliphatic carbocycles. The molecule has 0 saturated heterocycles. The Labute approximate surface area is 155 Å². The van der Waals surface area contributed by atoms with Gasteiger partial charge < -0.3 is 23.7 Å². The highest BCUT2D eigenvalue weighted by molar-refractivity contribution is 5.78. The molecule has 140 valence electrons. The summed E-state index contributed by atoms with van der Waals surface area (Å²) in [7, 11) is 0. The lowest BCUT2D eigenvalue weighted by atomic mass is 10.2. The first-order valence-corrected chi connectivity index (χ1v) is 8.64. The predicted octanol–water partition coefficient (Wildman–Crippen LogP) is 2.58. The highest BCUT2D eigenvalue weighted by Crippen LogP contribution is 2.36. The molecule has 0 bridgehead atoms. The van der Waals surface area contributed by atoms with Gasteiger partial charge in [-0.1, -0.05) is 5.16 Å². The lowest BCUT2D eigenvalue weighted by Gasteiger charge is -2.02. The first-order chi connectivity index (χ1) is 13.1. The summed E-state index contributed by atoms with van der Waals surface area (Å²) < 4.78 is 21.4. The van der Waals surface area contributed by atoms with Crippen LogP contribution in [-0.2, 0) is 17.6 Å². The van der Waals surface area contributed by atoms with Crippen LogP contribution in [0.1, 0.15) is 22.9 Å². The van der Waals surface area contributed by atoms with E-state index in [1.54, 1.807) is 6.92 Å². The van der Waals surface area contributed by atoms with E-state index >= 15 is 0 Å². The third-order valence-corrected chi connectivity index (χ3v) is 4.22. The third kappa shape index (κ3) is 3.79. The molecule has 1 aliphatic rings. The number of oxazole rings is 1. The van der Waals surface area contributed by atoms with Crippen molar-refractivity contribution in [1.82, 2.24) is 15.5 Å². The van der Waals surface area contributed by atoms with Crippen molar-refractivity contribution < 1.29 is 23.2 Å². The van der Waals surface area contributed by atoms with E-state index < -0.39 is 0 Å². The minimum atomic E-state index is -0.121. The van der Waals surface area contributed by atoms with Crippen LogP contribution in [0.5, 0.6) is 11.5 Å². The molecule has 2 aromatic heterocycles. The molecule has 3 aromatic rings. The van der Waals surface area contributed by atoms with Crippen LogP contribution in [-0.4, -0.2) is 29.4 Å². The number of amides is 1. The quantitative estimate of drug-likeness (QED) is 0.713. The van der Waals surface area contributed by atoms with Crippen molar-refractivity contribution in [2.45, 2.75) is 26.7 Å². The molecule has 8 nitrogen and oxygen atoms in total. The summed E-state index contributed by atoms with van der Waals surface area (Å²) in [5.74, 6) is 3.06. The molecule has 0 saturated carbocycles. The second kappa shape index (κ2) is 7.14. The second-order valence-corrected chi connectivity index (χ2v) is 6.30. The lowest BCUT2D eigenvalue weighted by Crippen LogP contribution is -2.27. The van der Waals surface area contributed by atoms with E-state index in [1.807, 2.05) is 31.2 Å². The van der Waals surface area contributed by atoms with E-state index in [-0.39, 0.29) is 19.1 Å². The number of nitrogens with one attached hydrogen (secondary N) is 1. The molecule has 3 heterocycles. The Morgan fingerprint density at radius 3 is 2.85 bits per heavy atom. The van der Waals surface area contributed by atoms with E-state index in [2.05, 4.69) is 15.5 Å². The molecule has 0 fully saturated rings. The van der Waals surface area contributed by atoms with E-state index in [0.29, 0.717) is 41.8 Å². The Kier molecular flexibility index (Phi) is 4.53. The van der Waals surface area contributed by atoms with Crippen molar-refractivity contribution in [3.05, 3.63) is 47.2 Å². The molecule has 1 amide bonds. The Morgan fingerprint density at radius 2 is 2.04 bits per heavy atom. The van der Waals surface area contributed by atoms with Gasteiger partial charge >= 0.3 is 0 Å². The van der Waals surface area contributed by atoms with Crippen molar-refractivity contribution in [1.29, 1.82) is 0 Å². The third-order valence-electron chi connectivity index (χ3n) is 4.22. The maximum Gasteiger partial charge on any atom is 0.231 e. The summed E-state index contributed by atoms with van der Waals surface area (Å²) in [5, 5.41) is 6.76. The number of rotatable bonds is 6. The summed E-state index contributed by atoms with van der Waals surface area (Å²) in [6.07, 6.45) is 0.765. The zero-order chi connectivity index (χ0) is 18.8. The van der Waals surface area contributed by atoms with Gasteiger partial charge in [-0.2, -0.15) is 0 Å². The smallest absolute Gasteiger partial charge is 0.231 e. The molecule has 4 rings (SSSR count). The molecule has 8 heteroatoms. The minimum absolute atomic E-state index is 0.121. The number of fused-ring (bicyclic) bond motifs is 1. The van der Waals surface area contributed by atoms with Gasteiger partial charge in [-0.3, -0.25) is 4.79 Å². The van der Waals surface area contributed by atoms with Crippen LogP contribution < -0.4 is 14.8 Å². The van der Waals surface area contributed by atoms with Crippen LogP contribution in [0.15, 0.2) is 33.2 Å². The molecule has 0 radical (unpaired) electrons. The number of aryl methyl sites for hydroxylation is 2. The fraction of sp³-hybridized carbons (Fsp3) is 0.316. The van der Waals surface area contributed by atoms with Gasteiger partial charge in [0.05, 0.1) is 17.8 Å². The number of nitrogens with zero attached hydrogens (tertiary/aromatic N) is 2. The largest absolute Gasteiger partial charge is 0.454 e. The van der Waals surface area contributed by atoms with Crippen LogP contribution in [0.2, 0.25) is 0 Å². The first kappa shape index (κ1) is 17.1. The van der Waals surface area contributed by atoms with Crippen molar-refractivity contribution >= 4 is 5.91 Å². The lowest BCUT2D eigenvalue weighted by molar-refractivity contribution is -0.120. The molecule has 0 spiro atoms. The summed E-state index contributed by atoms with van der Waals surface area (Å²) in [5.41, 5.74) is 2.20. The van der Waals surface area contributed by atoms with Gasteiger partial charge in [0.1, 0.15) is 11.5 Å². The fourth-order valence-corrected chi connectivity index (χ4v) is 2.83. The van der Waals surface area contributed by atoms with Crippen LogP contribution in [0, 0.1) is 13.8 Å². The standard InChI is InChI=1S/C19H19N3O5/c1-11-7-14(22-27-11)5-6-20-18(23)9-15-12(2)26-19(21-15)13-3-4-16-17(8-13)25-10-24-16/h3-4,7-8H,5-6,9-10H2,1-2H3,(H,20,23). The first-order valence-electron chi connectivity index (χ1n) is 8.64. The number of hydrogen-bond donors (Lipinski definition) is 1. The minimum Gasteiger partial charge on any atom is -0.454 e. The maximum atomic E-state index is 12.2. The zero-order valence-electron chi connectivity index (χ0n) is 15.1. The van der Waals surface area contributed by atoms with Gasteiger partial charge in [-0.15, -0.1) is 0 Å². The van der Waals surface area contributed by atoms with Gasteiger partial charge in [0, 0.05) is 24.6 Å². The van der Waals surface area contributed by atoms with Crippen molar-refractivity contribution in [3.8, 4) is 23.0 Å². The average molecular weight is 369 g/mol. The normalized spacial score (nSPS) is 12.4. The Hall–Kier alpha value is -3.29. The molecule has 1 aliphatic heterocycles. The van der Waals surface area contributed by atoms with Gasteiger partial charge in [0.2, 0.25) is 18.6 Å². The molecular formula is C19H19N3O5.